The maximum atomic E-state index is 5.27. The monoisotopic (exact) mass is 268 g/mol. The second-order valence-electron chi connectivity index (χ2n) is 4.57. The summed E-state index contributed by atoms with van der Waals surface area (Å²) in [5.74, 6) is 1.59. The lowest BCUT2D eigenvalue weighted by Crippen LogP contribution is -1.88. The van der Waals surface area contributed by atoms with Crippen LogP contribution >= 0.6 is 0 Å². The topological polar surface area (TPSA) is 18.5 Å². The average Bonchev–Trinajstić information content (AvgIpc) is 2.53. The van der Waals surface area contributed by atoms with Gasteiger partial charge in [-0.1, -0.05) is 43.3 Å². The molecule has 0 radical (unpaired) electrons. The van der Waals surface area contributed by atoms with Crippen molar-refractivity contribution in [2.75, 3.05) is 14.2 Å². The first kappa shape index (κ1) is 14.2. The third-order valence-electron chi connectivity index (χ3n) is 3.23. The van der Waals surface area contributed by atoms with E-state index in [-0.39, 0.29) is 0 Å². The van der Waals surface area contributed by atoms with E-state index in [9.17, 15) is 0 Å². The van der Waals surface area contributed by atoms with E-state index in [1.165, 1.54) is 11.1 Å². The molecule has 104 valence electrons. The Labute approximate surface area is 120 Å². The first-order valence-corrected chi connectivity index (χ1v) is 6.75. The van der Waals surface area contributed by atoms with Gasteiger partial charge in [0.15, 0.2) is 0 Å². The van der Waals surface area contributed by atoms with Gasteiger partial charge in [0.1, 0.15) is 11.5 Å². The zero-order chi connectivity index (χ0) is 14.4. The van der Waals surface area contributed by atoms with Crippen molar-refractivity contribution in [2.45, 2.75) is 13.3 Å². The average molecular weight is 268 g/mol. The van der Waals surface area contributed by atoms with Gasteiger partial charge in [-0.15, -0.1) is 0 Å². The highest BCUT2D eigenvalue weighted by molar-refractivity contribution is 5.71. The second kappa shape index (κ2) is 6.80. The second-order valence-corrected chi connectivity index (χ2v) is 4.57. The van der Waals surface area contributed by atoms with Gasteiger partial charge in [-0.05, 0) is 35.2 Å². The van der Waals surface area contributed by atoms with Crippen LogP contribution in [0.5, 0.6) is 11.5 Å². The van der Waals surface area contributed by atoms with Gasteiger partial charge in [0.05, 0.1) is 14.2 Å². The quantitative estimate of drug-likeness (QED) is 0.746. The maximum Gasteiger partial charge on any atom is 0.123 e. The molecular formula is C18H20O2. The Morgan fingerprint density at radius 1 is 0.800 bits per heavy atom. The van der Waals surface area contributed by atoms with Crippen molar-refractivity contribution in [1.82, 2.24) is 0 Å². The Morgan fingerprint density at radius 3 is 1.85 bits per heavy atom. The fraction of sp³-hybridized carbons (Fsp3) is 0.222. The van der Waals surface area contributed by atoms with Gasteiger partial charge in [-0.25, -0.2) is 0 Å². The van der Waals surface area contributed by atoms with Crippen molar-refractivity contribution in [3.8, 4) is 11.5 Å². The van der Waals surface area contributed by atoms with Crippen LogP contribution in [0.15, 0.2) is 42.5 Å². The molecule has 0 saturated carbocycles. The number of benzene rings is 2. The van der Waals surface area contributed by atoms with Crippen molar-refractivity contribution in [1.29, 1.82) is 0 Å². The molecule has 2 aromatic rings. The lowest BCUT2D eigenvalue weighted by molar-refractivity contribution is 0.394. The van der Waals surface area contributed by atoms with Gasteiger partial charge < -0.3 is 9.47 Å². The van der Waals surface area contributed by atoms with Crippen LogP contribution in [0, 0.1) is 0 Å². The van der Waals surface area contributed by atoms with Gasteiger partial charge in [-0.3, -0.25) is 0 Å². The van der Waals surface area contributed by atoms with Crippen molar-refractivity contribution in [2.24, 2.45) is 0 Å². The van der Waals surface area contributed by atoms with Crippen LogP contribution in [-0.2, 0) is 6.42 Å². The molecule has 0 aliphatic rings. The van der Waals surface area contributed by atoms with Crippen LogP contribution in [0.4, 0.5) is 0 Å². The fourth-order valence-electron chi connectivity index (χ4n) is 1.98. The zero-order valence-corrected chi connectivity index (χ0v) is 12.2. The van der Waals surface area contributed by atoms with Crippen molar-refractivity contribution in [3.63, 3.8) is 0 Å². The highest BCUT2D eigenvalue weighted by atomic mass is 16.5. The molecule has 0 amide bonds. The molecule has 0 fully saturated rings. The van der Waals surface area contributed by atoms with E-state index in [0.717, 1.165) is 23.5 Å². The van der Waals surface area contributed by atoms with Crippen LogP contribution in [-0.4, -0.2) is 14.2 Å². The molecule has 0 bridgehead atoms. The molecule has 2 aromatic carbocycles. The number of rotatable bonds is 5. The maximum absolute atomic E-state index is 5.27. The highest BCUT2D eigenvalue weighted by Crippen LogP contribution is 2.23. The van der Waals surface area contributed by atoms with Crippen LogP contribution in [0.3, 0.4) is 0 Å². The van der Waals surface area contributed by atoms with Crippen LogP contribution < -0.4 is 9.47 Å². The number of methoxy groups -OCH3 is 2. The summed E-state index contributed by atoms with van der Waals surface area (Å²) < 4.78 is 10.5. The summed E-state index contributed by atoms with van der Waals surface area (Å²) in [7, 11) is 3.32. The van der Waals surface area contributed by atoms with Gasteiger partial charge in [0.25, 0.3) is 0 Å². The summed E-state index contributed by atoms with van der Waals surface area (Å²) >= 11 is 0. The van der Waals surface area contributed by atoms with E-state index in [1.54, 1.807) is 14.2 Å². The molecule has 0 spiro atoms. The summed E-state index contributed by atoms with van der Waals surface area (Å²) in [4.78, 5) is 0. The smallest absolute Gasteiger partial charge is 0.123 e. The molecule has 0 heterocycles. The van der Waals surface area contributed by atoms with E-state index in [0.29, 0.717) is 0 Å². The Morgan fingerprint density at radius 2 is 1.35 bits per heavy atom. The van der Waals surface area contributed by atoms with E-state index >= 15 is 0 Å². The third-order valence-corrected chi connectivity index (χ3v) is 3.23. The summed E-state index contributed by atoms with van der Waals surface area (Å²) in [6.07, 6.45) is 5.22. The summed E-state index contributed by atoms with van der Waals surface area (Å²) in [6.45, 7) is 2.16. The Kier molecular flexibility index (Phi) is 4.83. The largest absolute Gasteiger partial charge is 0.497 e. The van der Waals surface area contributed by atoms with Crippen molar-refractivity contribution < 1.29 is 9.47 Å². The number of hydrogen-bond donors (Lipinski definition) is 0. The van der Waals surface area contributed by atoms with Crippen molar-refractivity contribution in [3.05, 3.63) is 59.2 Å². The third kappa shape index (κ3) is 3.64. The summed E-state index contributed by atoms with van der Waals surface area (Å²) in [6, 6.07) is 14.4. The van der Waals surface area contributed by atoms with Gasteiger partial charge in [-0.2, -0.15) is 0 Å². The zero-order valence-electron chi connectivity index (χ0n) is 12.2. The standard InChI is InChI=1S/C18H20O2/c1-4-14-5-7-15(8-6-14)9-10-16-11-17(19-2)13-18(12-16)20-3/h5-13H,4H2,1-3H3/b10-9+. The fourth-order valence-corrected chi connectivity index (χ4v) is 1.98. The Hall–Kier alpha value is -2.22. The van der Waals surface area contributed by atoms with E-state index in [2.05, 4.69) is 43.3 Å². The molecule has 2 heteroatoms. The molecular weight excluding hydrogens is 248 g/mol. The highest BCUT2D eigenvalue weighted by Gasteiger charge is 1.99. The SMILES string of the molecule is CCc1ccc(/C=C/c2cc(OC)cc(OC)c2)cc1. The molecule has 0 aliphatic carbocycles. The van der Waals surface area contributed by atoms with E-state index < -0.39 is 0 Å². The molecule has 2 nitrogen and oxygen atoms in total. The van der Waals surface area contributed by atoms with Gasteiger partial charge >= 0.3 is 0 Å². The minimum absolute atomic E-state index is 0.797. The van der Waals surface area contributed by atoms with Gasteiger partial charge in [0, 0.05) is 6.07 Å². The molecule has 0 unspecified atom stereocenters. The van der Waals surface area contributed by atoms with Crippen LogP contribution in [0.25, 0.3) is 12.2 Å². The van der Waals surface area contributed by atoms with Crippen LogP contribution in [0.1, 0.15) is 23.6 Å². The molecule has 2 rings (SSSR count). The Balaban J connectivity index is 2.21. The van der Waals surface area contributed by atoms with E-state index in [4.69, 9.17) is 9.47 Å². The first-order chi connectivity index (χ1) is 9.75. The number of ether oxygens (including phenoxy) is 2. The lowest BCUT2D eigenvalue weighted by Gasteiger charge is -2.05. The van der Waals surface area contributed by atoms with Crippen molar-refractivity contribution >= 4 is 12.2 Å². The molecule has 0 atom stereocenters. The number of hydrogen-bond acceptors (Lipinski definition) is 2. The Bertz CT molecular complexity index is 561. The predicted molar refractivity (Wildman–Crippen MR) is 84.3 cm³/mol. The van der Waals surface area contributed by atoms with Gasteiger partial charge in [0.2, 0.25) is 0 Å². The molecule has 20 heavy (non-hydrogen) atoms. The first-order valence-electron chi connectivity index (χ1n) is 6.75. The van der Waals surface area contributed by atoms with Crippen LogP contribution in [0.2, 0.25) is 0 Å². The molecule has 0 N–H and O–H groups in total. The number of aryl methyl sites for hydroxylation is 1. The summed E-state index contributed by atoms with van der Waals surface area (Å²) in [5.41, 5.74) is 3.59. The minimum atomic E-state index is 0.797. The minimum Gasteiger partial charge on any atom is -0.497 e. The normalized spacial score (nSPS) is 10.8. The lowest BCUT2D eigenvalue weighted by atomic mass is 10.1. The summed E-state index contributed by atoms with van der Waals surface area (Å²) in [5, 5.41) is 0. The molecule has 0 aliphatic heterocycles. The molecule has 0 aromatic heterocycles. The van der Waals surface area contributed by atoms with E-state index in [1.807, 2.05) is 18.2 Å². The molecule has 0 saturated heterocycles. The predicted octanol–water partition coefficient (Wildman–Crippen LogP) is 4.44.